The molecule has 0 saturated carbocycles. The van der Waals surface area contributed by atoms with Crippen LogP contribution in [0.3, 0.4) is 0 Å². The van der Waals surface area contributed by atoms with Gasteiger partial charge in [-0.15, -0.1) is 22.7 Å². The minimum atomic E-state index is -0.276. The van der Waals surface area contributed by atoms with Crippen molar-refractivity contribution in [1.29, 1.82) is 0 Å². The van der Waals surface area contributed by atoms with E-state index in [0.717, 1.165) is 20.9 Å². The molecule has 3 aromatic rings. The maximum atomic E-state index is 12.7. The van der Waals surface area contributed by atoms with E-state index in [-0.39, 0.29) is 5.97 Å². The second-order valence-corrected chi connectivity index (χ2v) is 6.69. The van der Waals surface area contributed by atoms with Gasteiger partial charge in [-0.2, -0.15) is 0 Å². The van der Waals surface area contributed by atoms with Gasteiger partial charge in [-0.05, 0) is 35.4 Å². The molecule has 0 spiro atoms. The van der Waals surface area contributed by atoms with Crippen LogP contribution in [0.5, 0.6) is 0 Å². The van der Waals surface area contributed by atoms with Gasteiger partial charge in [0.15, 0.2) is 0 Å². The van der Waals surface area contributed by atoms with Gasteiger partial charge in [-0.25, -0.2) is 4.79 Å². The molecule has 0 fully saturated rings. The molecular formula is C19H16O2S2. The third-order valence-electron chi connectivity index (χ3n) is 3.33. The summed E-state index contributed by atoms with van der Waals surface area (Å²) in [6.45, 7) is 2.19. The Labute approximate surface area is 143 Å². The van der Waals surface area contributed by atoms with Crippen LogP contribution in [-0.2, 0) is 9.53 Å². The maximum Gasteiger partial charge on any atom is 0.340 e. The first-order chi connectivity index (χ1) is 11.3. The SMILES string of the molecule is CCOC(=O)/C(=C(/c1ccccc1)c1cccs1)c1cccs1. The van der Waals surface area contributed by atoms with Crippen molar-refractivity contribution in [3.05, 3.63) is 80.7 Å². The predicted molar refractivity (Wildman–Crippen MR) is 97.6 cm³/mol. The summed E-state index contributed by atoms with van der Waals surface area (Å²) >= 11 is 3.18. The van der Waals surface area contributed by atoms with Crippen LogP contribution in [0.2, 0.25) is 0 Å². The molecule has 23 heavy (non-hydrogen) atoms. The fourth-order valence-electron chi connectivity index (χ4n) is 2.39. The van der Waals surface area contributed by atoms with E-state index in [1.54, 1.807) is 22.7 Å². The summed E-state index contributed by atoms with van der Waals surface area (Å²) in [4.78, 5) is 14.7. The van der Waals surface area contributed by atoms with Crippen molar-refractivity contribution in [1.82, 2.24) is 0 Å². The lowest BCUT2D eigenvalue weighted by Crippen LogP contribution is -2.08. The molecular weight excluding hydrogens is 324 g/mol. The molecule has 0 bridgehead atoms. The summed E-state index contributed by atoms with van der Waals surface area (Å²) in [5, 5.41) is 4.00. The first-order valence-electron chi connectivity index (χ1n) is 7.36. The van der Waals surface area contributed by atoms with Crippen molar-refractivity contribution in [3.63, 3.8) is 0 Å². The average molecular weight is 340 g/mol. The van der Waals surface area contributed by atoms with E-state index in [1.165, 1.54) is 0 Å². The zero-order chi connectivity index (χ0) is 16.1. The molecule has 0 amide bonds. The van der Waals surface area contributed by atoms with Crippen LogP contribution in [0, 0.1) is 0 Å². The third kappa shape index (κ3) is 3.44. The predicted octanol–water partition coefficient (Wildman–Crippen LogP) is 5.33. The van der Waals surface area contributed by atoms with Gasteiger partial charge in [0, 0.05) is 15.3 Å². The Kier molecular flexibility index (Phi) is 5.05. The summed E-state index contributed by atoms with van der Waals surface area (Å²) in [5.41, 5.74) is 2.59. The fraction of sp³-hybridized carbons (Fsp3) is 0.105. The molecule has 116 valence electrons. The second kappa shape index (κ2) is 7.40. The average Bonchev–Trinajstić information content (AvgIpc) is 3.27. The van der Waals surface area contributed by atoms with Crippen molar-refractivity contribution in [2.45, 2.75) is 6.92 Å². The zero-order valence-corrected chi connectivity index (χ0v) is 14.3. The van der Waals surface area contributed by atoms with E-state index in [9.17, 15) is 4.79 Å². The molecule has 2 aromatic heterocycles. The minimum Gasteiger partial charge on any atom is -0.462 e. The van der Waals surface area contributed by atoms with Crippen molar-refractivity contribution in [3.8, 4) is 0 Å². The van der Waals surface area contributed by atoms with E-state index >= 15 is 0 Å². The highest BCUT2D eigenvalue weighted by Gasteiger charge is 2.22. The number of carbonyl (C=O) groups excluding carboxylic acids is 1. The monoisotopic (exact) mass is 340 g/mol. The molecule has 2 nitrogen and oxygen atoms in total. The fourth-order valence-corrected chi connectivity index (χ4v) is 3.95. The summed E-state index contributed by atoms with van der Waals surface area (Å²) in [6.07, 6.45) is 0. The first kappa shape index (κ1) is 15.7. The first-order valence-corrected chi connectivity index (χ1v) is 9.11. The molecule has 0 aliphatic carbocycles. The van der Waals surface area contributed by atoms with Crippen molar-refractivity contribution < 1.29 is 9.53 Å². The van der Waals surface area contributed by atoms with E-state index in [4.69, 9.17) is 4.74 Å². The molecule has 1 aromatic carbocycles. The summed E-state index contributed by atoms with van der Waals surface area (Å²) in [7, 11) is 0. The van der Waals surface area contributed by atoms with Crippen molar-refractivity contribution in [2.24, 2.45) is 0 Å². The standard InChI is InChI=1S/C19H16O2S2/c1-2-21-19(20)18(16-11-7-13-23-16)17(15-10-6-12-22-15)14-8-4-3-5-9-14/h3-13H,2H2,1H3/b18-17-. The molecule has 0 radical (unpaired) electrons. The van der Waals surface area contributed by atoms with Crippen LogP contribution in [0.15, 0.2) is 65.4 Å². The number of rotatable bonds is 5. The lowest BCUT2D eigenvalue weighted by atomic mass is 9.97. The van der Waals surface area contributed by atoms with Crippen LogP contribution < -0.4 is 0 Å². The molecule has 0 atom stereocenters. The highest BCUT2D eigenvalue weighted by Crippen LogP contribution is 2.36. The number of carbonyl (C=O) groups is 1. The Bertz CT molecular complexity index is 785. The second-order valence-electron chi connectivity index (χ2n) is 4.79. The van der Waals surface area contributed by atoms with Gasteiger partial charge in [-0.1, -0.05) is 42.5 Å². The number of thiophene rings is 2. The lowest BCUT2D eigenvalue weighted by Gasteiger charge is -2.13. The molecule has 0 aliphatic heterocycles. The molecule has 0 saturated heterocycles. The van der Waals surface area contributed by atoms with Gasteiger partial charge in [0.05, 0.1) is 12.2 Å². The third-order valence-corrected chi connectivity index (χ3v) is 5.10. The van der Waals surface area contributed by atoms with Gasteiger partial charge in [0.1, 0.15) is 0 Å². The van der Waals surface area contributed by atoms with E-state index < -0.39 is 0 Å². The van der Waals surface area contributed by atoms with Gasteiger partial charge in [0.25, 0.3) is 0 Å². The number of benzene rings is 1. The molecule has 3 rings (SSSR count). The van der Waals surface area contributed by atoms with Crippen LogP contribution in [-0.4, -0.2) is 12.6 Å². The van der Waals surface area contributed by atoms with Gasteiger partial charge in [-0.3, -0.25) is 0 Å². The lowest BCUT2D eigenvalue weighted by molar-refractivity contribution is -0.136. The van der Waals surface area contributed by atoms with Crippen LogP contribution in [0.1, 0.15) is 22.2 Å². The van der Waals surface area contributed by atoms with Crippen molar-refractivity contribution >= 4 is 39.8 Å². The van der Waals surface area contributed by atoms with E-state index in [2.05, 4.69) is 0 Å². The number of hydrogen-bond donors (Lipinski definition) is 0. The Hall–Kier alpha value is -2.17. The molecule has 0 aliphatic rings. The van der Waals surface area contributed by atoms with Gasteiger partial charge in [0.2, 0.25) is 0 Å². The Morgan fingerprint density at radius 2 is 1.57 bits per heavy atom. The smallest absolute Gasteiger partial charge is 0.340 e. The van der Waals surface area contributed by atoms with Gasteiger partial charge < -0.3 is 4.74 Å². The van der Waals surface area contributed by atoms with Crippen LogP contribution in [0.4, 0.5) is 0 Å². The van der Waals surface area contributed by atoms with Crippen LogP contribution in [0.25, 0.3) is 11.1 Å². The Morgan fingerprint density at radius 3 is 2.13 bits per heavy atom. The van der Waals surface area contributed by atoms with Crippen molar-refractivity contribution in [2.75, 3.05) is 6.61 Å². The summed E-state index contributed by atoms with van der Waals surface area (Å²) < 4.78 is 5.34. The molecule has 4 heteroatoms. The van der Waals surface area contributed by atoms with Gasteiger partial charge >= 0.3 is 5.97 Å². The highest BCUT2D eigenvalue weighted by molar-refractivity contribution is 7.12. The zero-order valence-electron chi connectivity index (χ0n) is 12.7. The Morgan fingerprint density at radius 1 is 0.913 bits per heavy atom. The largest absolute Gasteiger partial charge is 0.462 e. The Balaban J connectivity index is 2.28. The maximum absolute atomic E-state index is 12.7. The molecule has 0 N–H and O–H groups in total. The topological polar surface area (TPSA) is 26.3 Å². The van der Waals surface area contributed by atoms with E-state index in [1.807, 2.05) is 72.3 Å². The summed E-state index contributed by atoms with van der Waals surface area (Å²) in [5.74, 6) is -0.276. The number of esters is 1. The normalized spacial score (nSPS) is 11.9. The number of ether oxygens (including phenoxy) is 1. The molecule has 2 heterocycles. The number of hydrogen-bond acceptors (Lipinski definition) is 4. The molecule has 0 unspecified atom stereocenters. The summed E-state index contributed by atoms with van der Waals surface area (Å²) in [6, 6.07) is 18.0. The minimum absolute atomic E-state index is 0.276. The quantitative estimate of drug-likeness (QED) is 0.463. The highest BCUT2D eigenvalue weighted by atomic mass is 32.1. The van der Waals surface area contributed by atoms with Crippen LogP contribution >= 0.6 is 22.7 Å². The van der Waals surface area contributed by atoms with E-state index in [0.29, 0.717) is 12.2 Å².